The molecule has 19 heavy (non-hydrogen) atoms. The summed E-state index contributed by atoms with van der Waals surface area (Å²) in [5.41, 5.74) is 7.36. The molecule has 2 heterocycles. The molecule has 6 heteroatoms. The van der Waals surface area contributed by atoms with E-state index in [9.17, 15) is 0 Å². The van der Waals surface area contributed by atoms with Crippen molar-refractivity contribution in [3.63, 3.8) is 0 Å². The van der Waals surface area contributed by atoms with E-state index >= 15 is 0 Å². The highest BCUT2D eigenvalue weighted by atomic mass is 16.5. The van der Waals surface area contributed by atoms with Crippen LogP contribution in [0.2, 0.25) is 0 Å². The number of nitrogen functional groups attached to an aromatic ring is 1. The highest BCUT2D eigenvalue weighted by molar-refractivity contribution is 5.58. The fraction of sp³-hybridized carbons (Fsp3) is 0.231. The number of nitrogens with two attached hydrogens (primary N) is 1. The third-order valence-electron chi connectivity index (χ3n) is 2.82. The van der Waals surface area contributed by atoms with Gasteiger partial charge in [0.15, 0.2) is 5.82 Å². The molecule has 1 aromatic carbocycles. The number of nitrogens with one attached hydrogen (secondary N) is 1. The average Bonchev–Trinajstić information content (AvgIpc) is 2.42. The van der Waals surface area contributed by atoms with Gasteiger partial charge in [0.1, 0.15) is 18.7 Å². The minimum atomic E-state index is 0.407. The van der Waals surface area contributed by atoms with Crippen LogP contribution in [0.25, 0.3) is 0 Å². The first-order valence-corrected chi connectivity index (χ1v) is 5.99. The summed E-state index contributed by atoms with van der Waals surface area (Å²) in [4.78, 5) is 8.23. The second-order valence-corrected chi connectivity index (χ2v) is 4.26. The van der Waals surface area contributed by atoms with Crippen LogP contribution in [-0.2, 0) is 0 Å². The van der Waals surface area contributed by atoms with Gasteiger partial charge in [0.25, 0.3) is 5.88 Å². The van der Waals surface area contributed by atoms with E-state index in [0.29, 0.717) is 35.5 Å². The van der Waals surface area contributed by atoms with E-state index in [2.05, 4.69) is 15.3 Å². The number of aromatic nitrogens is 2. The minimum absolute atomic E-state index is 0.407. The first kappa shape index (κ1) is 11.6. The summed E-state index contributed by atoms with van der Waals surface area (Å²) in [5, 5.41) is 3.14. The quantitative estimate of drug-likeness (QED) is 0.801. The zero-order chi connectivity index (χ0) is 13.2. The Labute approximate surface area is 110 Å². The Bertz CT molecular complexity index is 616. The molecule has 0 spiro atoms. The lowest BCUT2D eigenvalue weighted by Gasteiger charge is -2.19. The number of fused-ring (bicyclic) bond motifs is 1. The standard InChI is InChI=1S/C13H14N4O2/c1-8-6-9(14)2-3-10(8)19-13-11-12(16-7-17-13)15-4-5-18-11/h2-3,6-7H,4-5,14H2,1H3,(H,15,16,17). The highest BCUT2D eigenvalue weighted by Crippen LogP contribution is 2.36. The largest absolute Gasteiger partial charge is 0.483 e. The average molecular weight is 258 g/mol. The number of hydrogen-bond donors (Lipinski definition) is 2. The molecule has 0 amide bonds. The molecule has 2 aromatic rings. The molecule has 0 radical (unpaired) electrons. The molecule has 1 aliphatic heterocycles. The highest BCUT2D eigenvalue weighted by Gasteiger charge is 2.18. The van der Waals surface area contributed by atoms with Crippen molar-refractivity contribution < 1.29 is 9.47 Å². The molecule has 0 fully saturated rings. The molecule has 0 atom stereocenters. The van der Waals surface area contributed by atoms with Gasteiger partial charge in [-0.2, -0.15) is 4.98 Å². The molecule has 98 valence electrons. The Morgan fingerprint density at radius 1 is 1.37 bits per heavy atom. The van der Waals surface area contributed by atoms with E-state index in [4.69, 9.17) is 15.2 Å². The first-order chi connectivity index (χ1) is 9.24. The third kappa shape index (κ3) is 2.24. The van der Waals surface area contributed by atoms with Crippen molar-refractivity contribution in [3.8, 4) is 17.4 Å². The summed E-state index contributed by atoms with van der Waals surface area (Å²) in [6, 6.07) is 5.45. The van der Waals surface area contributed by atoms with Crippen LogP contribution in [0, 0.1) is 6.92 Å². The maximum atomic E-state index is 5.79. The monoisotopic (exact) mass is 258 g/mol. The third-order valence-corrected chi connectivity index (χ3v) is 2.82. The van der Waals surface area contributed by atoms with Gasteiger partial charge in [0.2, 0.25) is 5.75 Å². The van der Waals surface area contributed by atoms with Gasteiger partial charge in [-0.1, -0.05) is 0 Å². The van der Waals surface area contributed by atoms with Crippen molar-refractivity contribution in [1.82, 2.24) is 9.97 Å². The summed E-state index contributed by atoms with van der Waals surface area (Å²) in [6.45, 7) is 3.22. The van der Waals surface area contributed by atoms with E-state index in [0.717, 1.165) is 12.1 Å². The zero-order valence-electron chi connectivity index (χ0n) is 10.5. The Hall–Kier alpha value is -2.50. The Morgan fingerprint density at radius 2 is 2.26 bits per heavy atom. The van der Waals surface area contributed by atoms with E-state index in [1.807, 2.05) is 19.1 Å². The smallest absolute Gasteiger partial charge is 0.268 e. The van der Waals surface area contributed by atoms with Gasteiger partial charge in [-0.15, -0.1) is 0 Å². The van der Waals surface area contributed by atoms with E-state index in [1.54, 1.807) is 6.07 Å². The van der Waals surface area contributed by atoms with Crippen LogP contribution < -0.4 is 20.5 Å². The van der Waals surface area contributed by atoms with Gasteiger partial charge in [-0.25, -0.2) is 4.98 Å². The van der Waals surface area contributed by atoms with Crippen molar-refractivity contribution in [2.75, 3.05) is 24.2 Å². The predicted octanol–water partition coefficient (Wildman–Crippen LogP) is 1.96. The number of nitrogens with zero attached hydrogens (tertiary/aromatic N) is 2. The number of benzene rings is 1. The van der Waals surface area contributed by atoms with Gasteiger partial charge in [0, 0.05) is 5.69 Å². The van der Waals surface area contributed by atoms with Crippen LogP contribution in [0.1, 0.15) is 5.56 Å². The van der Waals surface area contributed by atoms with Crippen molar-refractivity contribution >= 4 is 11.5 Å². The molecule has 0 saturated carbocycles. The molecule has 0 aliphatic carbocycles. The van der Waals surface area contributed by atoms with Crippen molar-refractivity contribution in [2.45, 2.75) is 6.92 Å². The predicted molar refractivity (Wildman–Crippen MR) is 71.7 cm³/mol. The van der Waals surface area contributed by atoms with Crippen LogP contribution in [0.4, 0.5) is 11.5 Å². The van der Waals surface area contributed by atoms with Crippen molar-refractivity contribution in [2.24, 2.45) is 0 Å². The van der Waals surface area contributed by atoms with Gasteiger partial charge in [0.05, 0.1) is 6.54 Å². The zero-order valence-corrected chi connectivity index (χ0v) is 10.5. The summed E-state index contributed by atoms with van der Waals surface area (Å²) < 4.78 is 11.3. The van der Waals surface area contributed by atoms with Gasteiger partial charge >= 0.3 is 0 Å². The van der Waals surface area contributed by atoms with Gasteiger partial charge in [-0.05, 0) is 30.7 Å². The number of aryl methyl sites for hydroxylation is 1. The molecular formula is C13H14N4O2. The molecule has 0 unspecified atom stereocenters. The number of rotatable bonds is 2. The molecule has 1 aliphatic rings. The fourth-order valence-electron chi connectivity index (χ4n) is 1.90. The van der Waals surface area contributed by atoms with Crippen LogP contribution in [-0.4, -0.2) is 23.1 Å². The molecule has 1 aromatic heterocycles. The molecule has 3 rings (SSSR count). The van der Waals surface area contributed by atoms with Gasteiger partial charge in [-0.3, -0.25) is 0 Å². The fourth-order valence-corrected chi connectivity index (χ4v) is 1.90. The lowest BCUT2D eigenvalue weighted by molar-refractivity contribution is 0.299. The first-order valence-electron chi connectivity index (χ1n) is 5.99. The molecular weight excluding hydrogens is 244 g/mol. The van der Waals surface area contributed by atoms with Crippen LogP contribution in [0.15, 0.2) is 24.5 Å². The second-order valence-electron chi connectivity index (χ2n) is 4.26. The SMILES string of the molecule is Cc1cc(N)ccc1Oc1ncnc2c1OCCN2. The maximum Gasteiger partial charge on any atom is 0.268 e. The second kappa shape index (κ2) is 4.64. The summed E-state index contributed by atoms with van der Waals surface area (Å²) >= 11 is 0. The molecule has 3 N–H and O–H groups in total. The lowest BCUT2D eigenvalue weighted by Crippen LogP contribution is -2.19. The van der Waals surface area contributed by atoms with E-state index in [-0.39, 0.29) is 0 Å². The van der Waals surface area contributed by atoms with Gasteiger partial charge < -0.3 is 20.5 Å². The van der Waals surface area contributed by atoms with E-state index < -0.39 is 0 Å². The Balaban J connectivity index is 1.95. The Kier molecular flexibility index (Phi) is 2.83. The topological polar surface area (TPSA) is 82.3 Å². The summed E-state index contributed by atoms with van der Waals surface area (Å²) in [7, 11) is 0. The summed E-state index contributed by atoms with van der Waals surface area (Å²) in [6.07, 6.45) is 1.45. The van der Waals surface area contributed by atoms with E-state index in [1.165, 1.54) is 6.33 Å². The molecule has 0 saturated heterocycles. The minimum Gasteiger partial charge on any atom is -0.483 e. The number of hydrogen-bond acceptors (Lipinski definition) is 6. The van der Waals surface area contributed by atoms with Crippen molar-refractivity contribution in [1.29, 1.82) is 0 Å². The Morgan fingerprint density at radius 3 is 3.11 bits per heavy atom. The van der Waals surface area contributed by atoms with Crippen LogP contribution in [0.5, 0.6) is 17.4 Å². The van der Waals surface area contributed by atoms with Crippen LogP contribution in [0.3, 0.4) is 0 Å². The number of ether oxygens (including phenoxy) is 2. The normalized spacial score (nSPS) is 13.1. The summed E-state index contributed by atoms with van der Waals surface area (Å²) in [5.74, 6) is 2.31. The molecule has 6 nitrogen and oxygen atoms in total. The number of anilines is 2. The lowest BCUT2D eigenvalue weighted by atomic mass is 10.2. The van der Waals surface area contributed by atoms with Crippen molar-refractivity contribution in [3.05, 3.63) is 30.1 Å². The maximum absolute atomic E-state index is 5.79. The van der Waals surface area contributed by atoms with Crippen LogP contribution >= 0.6 is 0 Å². The molecule has 0 bridgehead atoms.